The van der Waals surface area contributed by atoms with Gasteiger partial charge >= 0.3 is 0 Å². The highest BCUT2D eigenvalue weighted by atomic mass is 16.5. The van der Waals surface area contributed by atoms with Crippen LogP contribution in [0.3, 0.4) is 0 Å². The number of ether oxygens (including phenoxy) is 1. The van der Waals surface area contributed by atoms with Crippen LogP contribution in [0, 0.1) is 0 Å². The van der Waals surface area contributed by atoms with Gasteiger partial charge in [0, 0.05) is 19.6 Å². The molecular formula is C16H28N2O2. The molecule has 0 spiro atoms. The van der Waals surface area contributed by atoms with E-state index in [4.69, 9.17) is 10.5 Å². The number of nitrogens with zero attached hydrogens (tertiary/aromatic N) is 1. The van der Waals surface area contributed by atoms with Gasteiger partial charge in [0.1, 0.15) is 5.75 Å². The molecule has 4 heteroatoms. The van der Waals surface area contributed by atoms with Gasteiger partial charge in [0.15, 0.2) is 0 Å². The first-order chi connectivity index (χ1) is 9.44. The summed E-state index contributed by atoms with van der Waals surface area (Å²) in [5.74, 6) is 0.882. The molecule has 1 rings (SSSR count). The van der Waals surface area contributed by atoms with Crippen LogP contribution in [0.1, 0.15) is 32.8 Å². The van der Waals surface area contributed by atoms with E-state index in [-0.39, 0.29) is 0 Å². The Kier molecular flexibility index (Phi) is 6.99. The molecule has 0 radical (unpaired) electrons. The Hall–Kier alpha value is -1.10. The van der Waals surface area contributed by atoms with Crippen LogP contribution in [0.5, 0.6) is 5.75 Å². The molecule has 0 heterocycles. The molecule has 1 aromatic rings. The lowest BCUT2D eigenvalue weighted by molar-refractivity contribution is 0.0364. The van der Waals surface area contributed by atoms with E-state index in [1.54, 1.807) is 0 Å². The van der Waals surface area contributed by atoms with Gasteiger partial charge in [0.2, 0.25) is 0 Å². The molecule has 0 unspecified atom stereocenters. The fourth-order valence-electron chi connectivity index (χ4n) is 2.10. The molecule has 114 valence electrons. The van der Waals surface area contributed by atoms with Crippen molar-refractivity contribution in [3.8, 4) is 5.75 Å². The first kappa shape index (κ1) is 17.0. The summed E-state index contributed by atoms with van der Waals surface area (Å²) in [6.07, 6.45) is 0.947. The number of benzene rings is 1. The van der Waals surface area contributed by atoms with Crippen molar-refractivity contribution in [2.75, 3.05) is 26.2 Å². The van der Waals surface area contributed by atoms with Crippen molar-refractivity contribution in [3.63, 3.8) is 0 Å². The summed E-state index contributed by atoms with van der Waals surface area (Å²) in [5, 5.41) is 9.82. The number of rotatable bonds is 9. The van der Waals surface area contributed by atoms with Crippen LogP contribution < -0.4 is 10.5 Å². The second-order valence-corrected chi connectivity index (χ2v) is 5.73. The number of nitrogens with two attached hydrogens (primary N) is 1. The Morgan fingerprint density at radius 1 is 1.25 bits per heavy atom. The van der Waals surface area contributed by atoms with Crippen LogP contribution in [-0.4, -0.2) is 41.8 Å². The minimum Gasteiger partial charge on any atom is -0.494 e. The third-order valence-corrected chi connectivity index (χ3v) is 3.10. The first-order valence-electron chi connectivity index (χ1n) is 7.31. The van der Waals surface area contributed by atoms with E-state index >= 15 is 0 Å². The molecular weight excluding hydrogens is 252 g/mol. The SMILES string of the molecule is CCN(CCCOc1ccc(CN)cc1)CC(C)(C)O. The van der Waals surface area contributed by atoms with Crippen molar-refractivity contribution in [3.05, 3.63) is 29.8 Å². The number of hydrogen-bond donors (Lipinski definition) is 2. The quantitative estimate of drug-likeness (QED) is 0.679. The van der Waals surface area contributed by atoms with Gasteiger partial charge in [0.25, 0.3) is 0 Å². The topological polar surface area (TPSA) is 58.7 Å². The Morgan fingerprint density at radius 3 is 2.40 bits per heavy atom. The van der Waals surface area contributed by atoms with E-state index < -0.39 is 5.60 Å². The van der Waals surface area contributed by atoms with Crippen LogP contribution in [-0.2, 0) is 6.54 Å². The Balaban J connectivity index is 2.25. The second-order valence-electron chi connectivity index (χ2n) is 5.73. The van der Waals surface area contributed by atoms with Gasteiger partial charge in [-0.2, -0.15) is 0 Å². The predicted octanol–water partition coefficient (Wildman–Crippen LogP) is 2.01. The third-order valence-electron chi connectivity index (χ3n) is 3.10. The Bertz CT molecular complexity index is 371. The summed E-state index contributed by atoms with van der Waals surface area (Å²) < 4.78 is 5.70. The van der Waals surface area contributed by atoms with Crippen molar-refractivity contribution < 1.29 is 9.84 Å². The van der Waals surface area contributed by atoms with E-state index in [0.717, 1.165) is 30.8 Å². The summed E-state index contributed by atoms with van der Waals surface area (Å²) in [6.45, 7) is 9.59. The molecule has 0 saturated heterocycles. The third kappa shape index (κ3) is 6.89. The molecule has 0 saturated carbocycles. The highest BCUT2D eigenvalue weighted by Crippen LogP contribution is 2.12. The van der Waals surface area contributed by atoms with Crippen LogP contribution in [0.15, 0.2) is 24.3 Å². The number of likely N-dealkylation sites (N-methyl/N-ethyl adjacent to an activating group) is 1. The first-order valence-corrected chi connectivity index (χ1v) is 7.31. The van der Waals surface area contributed by atoms with Gasteiger partial charge in [-0.05, 0) is 44.5 Å². The monoisotopic (exact) mass is 280 g/mol. The van der Waals surface area contributed by atoms with Crippen LogP contribution in [0.25, 0.3) is 0 Å². The van der Waals surface area contributed by atoms with Gasteiger partial charge in [-0.25, -0.2) is 0 Å². The van der Waals surface area contributed by atoms with Crippen molar-refractivity contribution >= 4 is 0 Å². The summed E-state index contributed by atoms with van der Waals surface area (Å²) in [5.41, 5.74) is 6.02. The van der Waals surface area contributed by atoms with Crippen molar-refractivity contribution in [2.45, 2.75) is 39.3 Å². The predicted molar refractivity (Wildman–Crippen MR) is 82.9 cm³/mol. The Labute approximate surface area is 122 Å². The molecule has 0 fully saturated rings. The lowest BCUT2D eigenvalue weighted by Gasteiger charge is -2.27. The maximum atomic E-state index is 9.82. The van der Waals surface area contributed by atoms with E-state index in [9.17, 15) is 5.11 Å². The smallest absolute Gasteiger partial charge is 0.119 e. The van der Waals surface area contributed by atoms with Crippen molar-refractivity contribution in [1.29, 1.82) is 0 Å². The van der Waals surface area contributed by atoms with Gasteiger partial charge in [-0.3, -0.25) is 0 Å². The molecule has 0 atom stereocenters. The fourth-order valence-corrected chi connectivity index (χ4v) is 2.10. The van der Waals surface area contributed by atoms with E-state index in [1.165, 1.54) is 0 Å². The zero-order valence-corrected chi connectivity index (χ0v) is 12.9. The number of aliphatic hydroxyl groups is 1. The average molecular weight is 280 g/mol. The molecule has 0 aliphatic rings. The van der Waals surface area contributed by atoms with Crippen LogP contribution >= 0.6 is 0 Å². The van der Waals surface area contributed by atoms with E-state index in [2.05, 4.69) is 11.8 Å². The maximum absolute atomic E-state index is 9.82. The summed E-state index contributed by atoms with van der Waals surface area (Å²) in [4.78, 5) is 2.24. The minimum atomic E-state index is -0.644. The summed E-state index contributed by atoms with van der Waals surface area (Å²) in [7, 11) is 0. The average Bonchev–Trinajstić information content (AvgIpc) is 2.41. The van der Waals surface area contributed by atoms with Crippen LogP contribution in [0.4, 0.5) is 0 Å². The fraction of sp³-hybridized carbons (Fsp3) is 0.625. The van der Waals surface area contributed by atoms with Gasteiger partial charge in [0.05, 0.1) is 12.2 Å². The minimum absolute atomic E-state index is 0.558. The van der Waals surface area contributed by atoms with Crippen molar-refractivity contribution in [2.24, 2.45) is 5.73 Å². The molecule has 0 aromatic heterocycles. The van der Waals surface area contributed by atoms with E-state index in [1.807, 2.05) is 38.1 Å². The van der Waals surface area contributed by atoms with Crippen molar-refractivity contribution in [1.82, 2.24) is 4.90 Å². The molecule has 0 aliphatic carbocycles. The molecule has 0 aliphatic heterocycles. The molecule has 0 bridgehead atoms. The molecule has 1 aromatic carbocycles. The molecule has 20 heavy (non-hydrogen) atoms. The van der Waals surface area contributed by atoms with Crippen LogP contribution in [0.2, 0.25) is 0 Å². The van der Waals surface area contributed by atoms with Gasteiger partial charge < -0.3 is 20.5 Å². The molecule has 0 amide bonds. The highest BCUT2D eigenvalue weighted by molar-refractivity contribution is 5.26. The zero-order chi connectivity index (χ0) is 15.0. The maximum Gasteiger partial charge on any atom is 0.119 e. The lowest BCUT2D eigenvalue weighted by atomic mass is 10.1. The zero-order valence-electron chi connectivity index (χ0n) is 12.9. The number of hydrogen-bond acceptors (Lipinski definition) is 4. The summed E-state index contributed by atoms with van der Waals surface area (Å²) in [6, 6.07) is 7.89. The van der Waals surface area contributed by atoms with Gasteiger partial charge in [-0.1, -0.05) is 19.1 Å². The largest absolute Gasteiger partial charge is 0.494 e. The van der Waals surface area contributed by atoms with Gasteiger partial charge in [-0.15, -0.1) is 0 Å². The normalized spacial score (nSPS) is 11.9. The lowest BCUT2D eigenvalue weighted by Crippen LogP contribution is -2.39. The highest BCUT2D eigenvalue weighted by Gasteiger charge is 2.16. The molecule has 4 nitrogen and oxygen atoms in total. The molecule has 3 N–H and O–H groups in total. The second kappa shape index (κ2) is 8.25. The van der Waals surface area contributed by atoms with E-state index in [0.29, 0.717) is 19.7 Å². The standard InChI is InChI=1S/C16H28N2O2/c1-4-18(13-16(2,3)19)10-5-11-20-15-8-6-14(12-17)7-9-15/h6-9,19H,4-5,10-13,17H2,1-3H3. The Morgan fingerprint density at radius 2 is 1.90 bits per heavy atom. The summed E-state index contributed by atoms with van der Waals surface area (Å²) >= 11 is 0.